The standard InChI is InChI=1S/C26H28N4O2/c1-3-23(19-5-7-21(25(31)13-19)15-29-11-9-27-17-29)24(4-2)20-6-8-22(26(32)14-20)16-30-12-10-28-18-30/h5-14,17-18,31-32H,3-4,15-16H2,1-2H3/b24-23+. The molecule has 4 rings (SSSR count). The molecule has 6 heteroatoms. The van der Waals surface area contributed by atoms with Crippen molar-refractivity contribution in [3.63, 3.8) is 0 Å². The molecule has 6 nitrogen and oxygen atoms in total. The molecule has 0 aliphatic carbocycles. The average Bonchev–Trinajstić information content (AvgIpc) is 3.49. The molecule has 2 aromatic carbocycles. The van der Waals surface area contributed by atoms with Crippen molar-refractivity contribution in [1.29, 1.82) is 0 Å². The largest absolute Gasteiger partial charge is 0.508 e. The first kappa shape index (κ1) is 21.4. The Morgan fingerprint density at radius 2 is 1.16 bits per heavy atom. The first-order valence-corrected chi connectivity index (χ1v) is 10.9. The molecule has 164 valence electrons. The van der Waals surface area contributed by atoms with Crippen LogP contribution in [0.25, 0.3) is 11.1 Å². The number of hydrogen-bond acceptors (Lipinski definition) is 4. The second kappa shape index (κ2) is 9.56. The topological polar surface area (TPSA) is 76.1 Å². The molecule has 0 unspecified atom stereocenters. The maximum Gasteiger partial charge on any atom is 0.121 e. The van der Waals surface area contributed by atoms with Gasteiger partial charge in [0.1, 0.15) is 11.5 Å². The molecule has 0 radical (unpaired) electrons. The van der Waals surface area contributed by atoms with Gasteiger partial charge >= 0.3 is 0 Å². The highest BCUT2D eigenvalue weighted by atomic mass is 16.3. The van der Waals surface area contributed by atoms with Gasteiger partial charge in [-0.25, -0.2) is 9.97 Å². The van der Waals surface area contributed by atoms with Crippen LogP contribution in [0.3, 0.4) is 0 Å². The average molecular weight is 429 g/mol. The minimum absolute atomic E-state index is 0.274. The molecule has 0 aliphatic rings. The summed E-state index contributed by atoms with van der Waals surface area (Å²) in [6.07, 6.45) is 12.3. The molecule has 0 saturated heterocycles. The van der Waals surface area contributed by atoms with Crippen molar-refractivity contribution in [2.45, 2.75) is 39.8 Å². The molecule has 0 amide bonds. The number of rotatable bonds is 8. The highest BCUT2D eigenvalue weighted by molar-refractivity contribution is 5.91. The normalized spacial score (nSPS) is 12.1. The number of allylic oxidation sites excluding steroid dienone is 2. The molecule has 2 aromatic heterocycles. The van der Waals surface area contributed by atoms with Gasteiger partial charge in [0.05, 0.1) is 25.7 Å². The molecule has 0 bridgehead atoms. The van der Waals surface area contributed by atoms with E-state index in [1.54, 1.807) is 25.0 Å². The van der Waals surface area contributed by atoms with Crippen LogP contribution >= 0.6 is 0 Å². The lowest BCUT2D eigenvalue weighted by molar-refractivity contribution is 0.465. The molecule has 4 aromatic rings. The fourth-order valence-electron chi connectivity index (χ4n) is 4.11. The summed E-state index contributed by atoms with van der Waals surface area (Å²) in [6, 6.07) is 11.8. The first-order valence-electron chi connectivity index (χ1n) is 10.9. The van der Waals surface area contributed by atoms with Crippen molar-refractivity contribution in [3.05, 3.63) is 96.1 Å². The van der Waals surface area contributed by atoms with Crippen LogP contribution in [0.5, 0.6) is 11.5 Å². The van der Waals surface area contributed by atoms with E-state index in [-0.39, 0.29) is 11.5 Å². The van der Waals surface area contributed by atoms with E-state index >= 15 is 0 Å². The molecule has 0 saturated carbocycles. The predicted octanol–water partition coefficient (Wildman–Crippen LogP) is 5.32. The zero-order chi connectivity index (χ0) is 22.5. The summed E-state index contributed by atoms with van der Waals surface area (Å²) < 4.78 is 3.85. The zero-order valence-corrected chi connectivity index (χ0v) is 18.4. The van der Waals surface area contributed by atoms with Crippen LogP contribution in [0.1, 0.15) is 48.9 Å². The monoisotopic (exact) mass is 428 g/mol. The Morgan fingerprint density at radius 1 is 0.719 bits per heavy atom. The van der Waals surface area contributed by atoms with Crippen LogP contribution in [0.4, 0.5) is 0 Å². The van der Waals surface area contributed by atoms with Crippen molar-refractivity contribution >= 4 is 11.1 Å². The number of imidazole rings is 2. The summed E-state index contributed by atoms with van der Waals surface area (Å²) in [6.45, 7) is 5.39. The van der Waals surface area contributed by atoms with Gasteiger partial charge in [0.2, 0.25) is 0 Å². The third kappa shape index (κ3) is 4.59. The molecular formula is C26H28N4O2. The van der Waals surface area contributed by atoms with Crippen LogP contribution < -0.4 is 0 Å². The number of nitrogens with zero attached hydrogens (tertiary/aromatic N) is 4. The molecular weight excluding hydrogens is 400 g/mol. The molecule has 32 heavy (non-hydrogen) atoms. The second-order valence-electron chi connectivity index (χ2n) is 7.82. The van der Waals surface area contributed by atoms with Crippen molar-refractivity contribution in [1.82, 2.24) is 19.1 Å². The van der Waals surface area contributed by atoms with Crippen molar-refractivity contribution < 1.29 is 10.2 Å². The van der Waals surface area contributed by atoms with E-state index < -0.39 is 0 Å². The third-order valence-corrected chi connectivity index (χ3v) is 5.76. The van der Waals surface area contributed by atoms with Crippen LogP contribution in [0, 0.1) is 0 Å². The minimum atomic E-state index is 0.274. The van der Waals surface area contributed by atoms with E-state index in [1.165, 1.54) is 11.1 Å². The van der Waals surface area contributed by atoms with E-state index in [0.717, 1.165) is 35.1 Å². The lowest BCUT2D eigenvalue weighted by Gasteiger charge is -2.17. The Bertz CT molecular complexity index is 1110. The van der Waals surface area contributed by atoms with Gasteiger partial charge in [0.25, 0.3) is 0 Å². The summed E-state index contributed by atoms with van der Waals surface area (Å²) in [5.74, 6) is 0.548. The lowest BCUT2D eigenvalue weighted by Crippen LogP contribution is -1.99. The van der Waals surface area contributed by atoms with Gasteiger partial charge in [-0.3, -0.25) is 0 Å². The van der Waals surface area contributed by atoms with Crippen LogP contribution in [-0.2, 0) is 13.1 Å². The van der Waals surface area contributed by atoms with Gasteiger partial charge in [0.15, 0.2) is 0 Å². The van der Waals surface area contributed by atoms with Crippen LogP contribution in [0.2, 0.25) is 0 Å². The minimum Gasteiger partial charge on any atom is -0.508 e. The van der Waals surface area contributed by atoms with E-state index in [1.807, 2.05) is 45.8 Å². The number of aromatic hydroxyl groups is 2. The summed E-state index contributed by atoms with van der Waals surface area (Å²) in [5.41, 5.74) is 6.03. The maximum absolute atomic E-state index is 10.7. The van der Waals surface area contributed by atoms with Crippen LogP contribution in [0.15, 0.2) is 73.8 Å². The molecule has 0 atom stereocenters. The molecule has 2 N–H and O–H groups in total. The fraction of sp³-hybridized carbons (Fsp3) is 0.231. The summed E-state index contributed by atoms with van der Waals surface area (Å²) in [4.78, 5) is 8.12. The smallest absolute Gasteiger partial charge is 0.121 e. The Kier molecular flexibility index (Phi) is 6.40. The van der Waals surface area contributed by atoms with E-state index in [2.05, 4.69) is 35.9 Å². The zero-order valence-electron chi connectivity index (χ0n) is 18.4. The van der Waals surface area contributed by atoms with E-state index in [0.29, 0.717) is 13.1 Å². The van der Waals surface area contributed by atoms with Crippen molar-refractivity contribution in [2.75, 3.05) is 0 Å². The highest BCUT2D eigenvalue weighted by Gasteiger charge is 2.13. The summed E-state index contributed by atoms with van der Waals surface area (Å²) >= 11 is 0. The lowest BCUT2D eigenvalue weighted by atomic mass is 9.90. The van der Waals surface area contributed by atoms with E-state index in [9.17, 15) is 10.2 Å². The van der Waals surface area contributed by atoms with Gasteiger partial charge in [-0.05, 0) is 47.2 Å². The van der Waals surface area contributed by atoms with Gasteiger partial charge in [-0.2, -0.15) is 0 Å². The Morgan fingerprint density at radius 3 is 1.47 bits per heavy atom. The van der Waals surface area contributed by atoms with Crippen molar-refractivity contribution in [3.8, 4) is 11.5 Å². The number of benzene rings is 2. The maximum atomic E-state index is 10.7. The number of phenols is 2. The Balaban J connectivity index is 1.65. The van der Waals surface area contributed by atoms with Crippen molar-refractivity contribution in [2.24, 2.45) is 0 Å². The fourth-order valence-corrected chi connectivity index (χ4v) is 4.11. The van der Waals surface area contributed by atoms with Crippen LogP contribution in [-0.4, -0.2) is 29.3 Å². The third-order valence-electron chi connectivity index (χ3n) is 5.76. The first-order chi connectivity index (χ1) is 15.6. The Hall–Kier alpha value is -3.80. The molecule has 0 fully saturated rings. The summed E-state index contributed by atoms with van der Waals surface area (Å²) in [7, 11) is 0. The number of aromatic nitrogens is 4. The van der Waals surface area contributed by atoms with E-state index in [4.69, 9.17) is 0 Å². The predicted molar refractivity (Wildman–Crippen MR) is 126 cm³/mol. The molecule has 0 spiro atoms. The van der Waals surface area contributed by atoms with Gasteiger partial charge in [-0.1, -0.05) is 38.1 Å². The van der Waals surface area contributed by atoms with Gasteiger partial charge in [-0.15, -0.1) is 0 Å². The molecule has 0 aliphatic heterocycles. The highest BCUT2D eigenvalue weighted by Crippen LogP contribution is 2.35. The Labute approximate surface area is 188 Å². The molecule has 2 heterocycles. The van der Waals surface area contributed by atoms with Gasteiger partial charge in [0, 0.05) is 35.9 Å². The second-order valence-corrected chi connectivity index (χ2v) is 7.82. The SMILES string of the molecule is CC/C(=C(/CC)c1ccc(Cn2ccnc2)c(O)c1)c1ccc(Cn2ccnc2)c(O)c1. The quantitative estimate of drug-likeness (QED) is 0.373. The number of phenolic OH excluding ortho intramolecular Hbond substituents is 2. The summed E-state index contributed by atoms with van der Waals surface area (Å²) in [5, 5.41) is 21.3. The number of hydrogen-bond donors (Lipinski definition) is 2. The van der Waals surface area contributed by atoms with Gasteiger partial charge < -0.3 is 19.3 Å².